The Balaban J connectivity index is 2.12. The maximum atomic E-state index is 4.94. The molecule has 100 valence electrons. The Morgan fingerprint density at radius 1 is 1.00 bits per heavy atom. The lowest BCUT2D eigenvalue weighted by molar-refractivity contribution is 0.584. The number of piperazine rings is 1. The molecule has 1 aliphatic rings. The van der Waals surface area contributed by atoms with Gasteiger partial charge in [0.25, 0.3) is 0 Å². The number of nitrogens with zero attached hydrogens (tertiary/aromatic N) is 2. The molecule has 1 fully saturated rings. The molecular weight excluding hydrogens is 234 g/mol. The van der Waals surface area contributed by atoms with Crippen molar-refractivity contribution >= 4 is 16.7 Å². The van der Waals surface area contributed by atoms with Crippen molar-refractivity contribution in [2.45, 2.75) is 20.8 Å². The van der Waals surface area contributed by atoms with Gasteiger partial charge in [0.1, 0.15) is 5.82 Å². The van der Waals surface area contributed by atoms with Crippen LogP contribution in [0.5, 0.6) is 0 Å². The third-order valence-corrected chi connectivity index (χ3v) is 3.83. The van der Waals surface area contributed by atoms with Crippen LogP contribution in [-0.2, 0) is 0 Å². The van der Waals surface area contributed by atoms with E-state index in [2.05, 4.69) is 49.2 Å². The third-order valence-electron chi connectivity index (χ3n) is 3.83. The fourth-order valence-corrected chi connectivity index (χ4v) is 2.94. The van der Waals surface area contributed by atoms with Crippen molar-refractivity contribution in [3.63, 3.8) is 0 Å². The summed E-state index contributed by atoms with van der Waals surface area (Å²) in [7, 11) is 0. The van der Waals surface area contributed by atoms with Gasteiger partial charge in [-0.3, -0.25) is 0 Å². The van der Waals surface area contributed by atoms with Gasteiger partial charge in [0.15, 0.2) is 0 Å². The zero-order valence-electron chi connectivity index (χ0n) is 12.0. The highest BCUT2D eigenvalue weighted by Gasteiger charge is 2.15. The maximum absolute atomic E-state index is 4.94. The van der Waals surface area contributed by atoms with E-state index in [4.69, 9.17) is 4.98 Å². The van der Waals surface area contributed by atoms with E-state index in [0.29, 0.717) is 0 Å². The first kappa shape index (κ1) is 12.4. The van der Waals surface area contributed by atoms with E-state index in [-0.39, 0.29) is 0 Å². The standard InChI is InChI=1S/C16H21N3/c1-11-8-12(2)15-14(9-11)10-13(3)16(18-15)19-6-4-17-5-7-19/h8-10,17H,4-7H2,1-3H3. The predicted molar refractivity (Wildman–Crippen MR) is 81.0 cm³/mol. The van der Waals surface area contributed by atoms with Crippen LogP contribution in [0.3, 0.4) is 0 Å². The molecule has 1 aliphatic heterocycles. The van der Waals surface area contributed by atoms with Crippen molar-refractivity contribution in [3.8, 4) is 0 Å². The molecule has 2 heterocycles. The number of benzene rings is 1. The van der Waals surface area contributed by atoms with Gasteiger partial charge in [-0.2, -0.15) is 0 Å². The minimum absolute atomic E-state index is 1.05. The SMILES string of the molecule is Cc1cc(C)c2nc(N3CCNCC3)c(C)cc2c1. The van der Waals surface area contributed by atoms with Crippen LogP contribution < -0.4 is 10.2 Å². The van der Waals surface area contributed by atoms with Crippen molar-refractivity contribution in [1.29, 1.82) is 0 Å². The van der Waals surface area contributed by atoms with E-state index >= 15 is 0 Å². The lowest BCUT2D eigenvalue weighted by Gasteiger charge is -2.30. The second-order valence-electron chi connectivity index (χ2n) is 5.52. The number of anilines is 1. The van der Waals surface area contributed by atoms with Gasteiger partial charge in [-0.25, -0.2) is 4.98 Å². The molecule has 2 aromatic rings. The summed E-state index contributed by atoms with van der Waals surface area (Å²) < 4.78 is 0. The number of hydrogen-bond donors (Lipinski definition) is 1. The zero-order chi connectivity index (χ0) is 13.4. The van der Waals surface area contributed by atoms with Crippen molar-refractivity contribution in [2.24, 2.45) is 0 Å². The average Bonchev–Trinajstić information content (AvgIpc) is 2.38. The molecular formula is C16H21N3. The molecule has 1 N–H and O–H groups in total. The monoisotopic (exact) mass is 255 g/mol. The van der Waals surface area contributed by atoms with E-state index in [9.17, 15) is 0 Å². The smallest absolute Gasteiger partial charge is 0.132 e. The van der Waals surface area contributed by atoms with Gasteiger partial charge >= 0.3 is 0 Å². The number of aryl methyl sites for hydroxylation is 3. The molecule has 0 unspecified atom stereocenters. The van der Waals surface area contributed by atoms with Crippen molar-refractivity contribution in [3.05, 3.63) is 34.9 Å². The van der Waals surface area contributed by atoms with E-state index in [1.807, 2.05) is 0 Å². The largest absolute Gasteiger partial charge is 0.354 e. The van der Waals surface area contributed by atoms with Crippen LogP contribution in [0.15, 0.2) is 18.2 Å². The van der Waals surface area contributed by atoms with Crippen LogP contribution in [0.25, 0.3) is 10.9 Å². The summed E-state index contributed by atoms with van der Waals surface area (Å²) in [6, 6.07) is 6.72. The quantitative estimate of drug-likeness (QED) is 0.849. The summed E-state index contributed by atoms with van der Waals surface area (Å²) in [5.41, 5.74) is 5.00. The summed E-state index contributed by atoms with van der Waals surface area (Å²) in [5, 5.41) is 4.65. The summed E-state index contributed by atoms with van der Waals surface area (Å²) >= 11 is 0. The average molecular weight is 255 g/mol. The minimum atomic E-state index is 1.05. The number of hydrogen-bond acceptors (Lipinski definition) is 3. The Kier molecular flexibility index (Phi) is 3.15. The maximum Gasteiger partial charge on any atom is 0.132 e. The lowest BCUT2D eigenvalue weighted by Crippen LogP contribution is -2.44. The number of aromatic nitrogens is 1. The van der Waals surface area contributed by atoms with E-state index in [0.717, 1.165) is 37.5 Å². The normalized spacial score (nSPS) is 16.1. The molecule has 0 saturated carbocycles. The Morgan fingerprint density at radius 3 is 2.47 bits per heavy atom. The van der Waals surface area contributed by atoms with Gasteiger partial charge in [0.2, 0.25) is 0 Å². The Morgan fingerprint density at radius 2 is 1.74 bits per heavy atom. The predicted octanol–water partition coefficient (Wildman–Crippen LogP) is 2.57. The topological polar surface area (TPSA) is 28.2 Å². The molecule has 0 bridgehead atoms. The molecule has 0 amide bonds. The summed E-state index contributed by atoms with van der Waals surface area (Å²) in [6.45, 7) is 10.7. The Hall–Kier alpha value is -1.61. The first-order valence-corrected chi connectivity index (χ1v) is 6.99. The number of nitrogens with one attached hydrogen (secondary N) is 1. The van der Waals surface area contributed by atoms with E-state index in [1.54, 1.807) is 0 Å². The highest BCUT2D eigenvalue weighted by Crippen LogP contribution is 2.26. The summed E-state index contributed by atoms with van der Waals surface area (Å²) in [6.07, 6.45) is 0. The molecule has 1 saturated heterocycles. The van der Waals surface area contributed by atoms with Crippen molar-refractivity contribution < 1.29 is 0 Å². The molecule has 0 spiro atoms. The van der Waals surface area contributed by atoms with E-state index in [1.165, 1.54) is 22.1 Å². The highest BCUT2D eigenvalue weighted by atomic mass is 15.2. The molecule has 1 aromatic heterocycles. The van der Waals surface area contributed by atoms with Gasteiger partial charge in [0.05, 0.1) is 5.52 Å². The molecule has 1 aromatic carbocycles. The van der Waals surface area contributed by atoms with Crippen LogP contribution in [0.2, 0.25) is 0 Å². The van der Waals surface area contributed by atoms with Crippen LogP contribution in [0.4, 0.5) is 5.82 Å². The molecule has 19 heavy (non-hydrogen) atoms. The number of fused-ring (bicyclic) bond motifs is 1. The van der Waals surface area contributed by atoms with Gasteiger partial charge in [-0.05, 0) is 44.0 Å². The van der Waals surface area contributed by atoms with Crippen LogP contribution in [-0.4, -0.2) is 31.2 Å². The van der Waals surface area contributed by atoms with Crippen molar-refractivity contribution in [2.75, 3.05) is 31.1 Å². The zero-order valence-corrected chi connectivity index (χ0v) is 12.0. The van der Waals surface area contributed by atoms with Crippen LogP contribution in [0.1, 0.15) is 16.7 Å². The fraction of sp³-hybridized carbons (Fsp3) is 0.438. The Labute approximate surface area is 114 Å². The first-order chi connectivity index (χ1) is 9.15. The highest BCUT2D eigenvalue weighted by molar-refractivity contribution is 5.85. The molecule has 3 heteroatoms. The summed E-state index contributed by atoms with van der Waals surface area (Å²) in [5.74, 6) is 1.15. The van der Waals surface area contributed by atoms with Gasteiger partial charge in [-0.1, -0.05) is 11.6 Å². The first-order valence-electron chi connectivity index (χ1n) is 6.99. The van der Waals surface area contributed by atoms with Crippen molar-refractivity contribution in [1.82, 2.24) is 10.3 Å². The van der Waals surface area contributed by atoms with Crippen LogP contribution in [0, 0.1) is 20.8 Å². The number of pyridine rings is 1. The van der Waals surface area contributed by atoms with E-state index < -0.39 is 0 Å². The molecule has 0 aliphatic carbocycles. The fourth-order valence-electron chi connectivity index (χ4n) is 2.94. The second-order valence-corrected chi connectivity index (χ2v) is 5.52. The molecule has 0 radical (unpaired) electrons. The van der Waals surface area contributed by atoms with Crippen LogP contribution >= 0.6 is 0 Å². The number of rotatable bonds is 1. The second kappa shape index (κ2) is 4.82. The minimum Gasteiger partial charge on any atom is -0.354 e. The van der Waals surface area contributed by atoms with Gasteiger partial charge < -0.3 is 10.2 Å². The summed E-state index contributed by atoms with van der Waals surface area (Å²) in [4.78, 5) is 7.33. The van der Waals surface area contributed by atoms with Gasteiger partial charge in [-0.15, -0.1) is 0 Å². The molecule has 3 rings (SSSR count). The van der Waals surface area contributed by atoms with Gasteiger partial charge in [0, 0.05) is 31.6 Å². The molecule has 3 nitrogen and oxygen atoms in total. The third kappa shape index (κ3) is 2.30. The Bertz CT molecular complexity index is 613. The molecule has 0 atom stereocenters. The lowest BCUT2D eigenvalue weighted by atomic mass is 10.0.